The van der Waals surface area contributed by atoms with Gasteiger partial charge >= 0.3 is 0 Å². The van der Waals surface area contributed by atoms with Gasteiger partial charge in [0.1, 0.15) is 11.0 Å². The highest BCUT2D eigenvalue weighted by Gasteiger charge is 2.37. The lowest BCUT2D eigenvalue weighted by Crippen LogP contribution is -2.15. The average molecular weight is 555 g/mol. The van der Waals surface area contributed by atoms with Crippen LogP contribution in [0.25, 0.3) is 78.1 Å². The van der Waals surface area contributed by atoms with Gasteiger partial charge in [-0.3, -0.25) is 0 Å². The Hall–Kier alpha value is -5.48. The molecule has 43 heavy (non-hydrogen) atoms. The topological polar surface area (TPSA) is 52.1 Å². The van der Waals surface area contributed by atoms with E-state index in [1.54, 1.807) is 0 Å². The molecule has 0 unspecified atom stereocenters. The first-order chi connectivity index (χ1) is 21.0. The minimum Gasteiger partial charge on any atom is -0.436 e. The van der Waals surface area contributed by atoms with Gasteiger partial charge in [-0.05, 0) is 92.7 Å². The van der Waals surface area contributed by atoms with E-state index >= 15 is 0 Å². The van der Waals surface area contributed by atoms with Crippen molar-refractivity contribution in [2.75, 3.05) is 0 Å². The molecule has 0 saturated heterocycles. The molecule has 0 N–H and O–H groups in total. The second kappa shape index (κ2) is 8.76. The molecular formula is C39H26N2O2. The van der Waals surface area contributed by atoms with E-state index in [0.717, 1.165) is 44.5 Å². The molecule has 0 fully saturated rings. The molecule has 1 aliphatic carbocycles. The molecule has 9 rings (SSSR count). The van der Waals surface area contributed by atoms with E-state index in [-0.39, 0.29) is 5.41 Å². The first-order valence-electron chi connectivity index (χ1n) is 14.6. The molecule has 0 radical (unpaired) electrons. The Morgan fingerprint density at radius 2 is 1.09 bits per heavy atom. The van der Waals surface area contributed by atoms with E-state index in [1.807, 2.05) is 48.5 Å². The quantitative estimate of drug-likeness (QED) is 0.218. The third kappa shape index (κ3) is 3.63. The molecule has 6 aromatic carbocycles. The zero-order chi connectivity index (χ0) is 28.7. The van der Waals surface area contributed by atoms with Crippen LogP contribution in [-0.2, 0) is 5.41 Å². The van der Waals surface area contributed by atoms with Crippen molar-refractivity contribution in [1.29, 1.82) is 0 Å². The SMILES string of the molecule is CC1(C)c2cc(-c3cc(-c4nc5ccccc5o4)cc(-c4nc5ccccc5o4)c3)ccc2-c2ccc3ccccc3c21. The molecule has 0 bridgehead atoms. The molecule has 204 valence electrons. The highest BCUT2D eigenvalue weighted by Crippen LogP contribution is 2.52. The normalized spacial score (nSPS) is 13.5. The highest BCUT2D eigenvalue weighted by molar-refractivity contribution is 5.98. The van der Waals surface area contributed by atoms with Crippen molar-refractivity contribution < 1.29 is 8.83 Å². The summed E-state index contributed by atoms with van der Waals surface area (Å²) >= 11 is 0. The van der Waals surface area contributed by atoms with Gasteiger partial charge in [-0.2, -0.15) is 0 Å². The molecule has 4 nitrogen and oxygen atoms in total. The fourth-order valence-electron chi connectivity index (χ4n) is 6.81. The van der Waals surface area contributed by atoms with E-state index in [9.17, 15) is 0 Å². The Morgan fingerprint density at radius 3 is 1.77 bits per heavy atom. The number of oxazole rings is 2. The zero-order valence-electron chi connectivity index (χ0n) is 23.8. The Labute approximate surface area is 248 Å². The first kappa shape index (κ1) is 24.2. The smallest absolute Gasteiger partial charge is 0.227 e. The summed E-state index contributed by atoms with van der Waals surface area (Å²) in [5, 5.41) is 2.59. The lowest BCUT2D eigenvalue weighted by Gasteiger charge is -2.23. The molecule has 8 aromatic rings. The zero-order valence-corrected chi connectivity index (χ0v) is 23.8. The lowest BCUT2D eigenvalue weighted by atomic mass is 9.79. The highest BCUT2D eigenvalue weighted by atomic mass is 16.4. The van der Waals surface area contributed by atoms with Gasteiger partial charge in [0, 0.05) is 16.5 Å². The van der Waals surface area contributed by atoms with Crippen LogP contribution < -0.4 is 0 Å². The molecule has 0 spiro atoms. The van der Waals surface area contributed by atoms with Gasteiger partial charge in [-0.1, -0.05) is 86.6 Å². The summed E-state index contributed by atoms with van der Waals surface area (Å²) in [5.41, 5.74) is 12.3. The standard InChI is InChI=1S/C39H26N2O2/c1-39(2)31-22-24(16-17-29(31)30-18-15-23-9-3-4-10-28(23)36(30)39)25-19-26(37-40-32-11-5-7-13-34(32)42-37)21-27(20-25)38-41-33-12-6-8-14-35(33)43-38/h3-22H,1-2H3. The number of hydrogen-bond donors (Lipinski definition) is 0. The minimum atomic E-state index is -0.150. The van der Waals surface area contributed by atoms with Crippen LogP contribution in [0.4, 0.5) is 0 Å². The van der Waals surface area contributed by atoms with Crippen LogP contribution in [0.2, 0.25) is 0 Å². The van der Waals surface area contributed by atoms with E-state index in [0.29, 0.717) is 11.8 Å². The molecule has 0 aliphatic heterocycles. The Balaban J connectivity index is 1.24. The number of para-hydroxylation sites is 4. The molecule has 4 heteroatoms. The maximum atomic E-state index is 6.22. The third-order valence-corrected chi connectivity index (χ3v) is 8.89. The Bertz CT molecular complexity index is 2230. The fourth-order valence-corrected chi connectivity index (χ4v) is 6.81. The largest absolute Gasteiger partial charge is 0.436 e. The molecule has 2 heterocycles. The Kier molecular flexibility index (Phi) is 4.92. The number of hydrogen-bond acceptors (Lipinski definition) is 4. The van der Waals surface area contributed by atoms with Crippen molar-refractivity contribution in [3.05, 3.63) is 132 Å². The van der Waals surface area contributed by atoms with Crippen molar-refractivity contribution >= 4 is 33.0 Å². The van der Waals surface area contributed by atoms with E-state index in [4.69, 9.17) is 18.8 Å². The van der Waals surface area contributed by atoms with Gasteiger partial charge in [-0.25, -0.2) is 9.97 Å². The van der Waals surface area contributed by atoms with E-state index < -0.39 is 0 Å². The summed E-state index contributed by atoms with van der Waals surface area (Å²) < 4.78 is 12.4. The van der Waals surface area contributed by atoms with Gasteiger partial charge in [0.2, 0.25) is 11.8 Å². The van der Waals surface area contributed by atoms with Crippen LogP contribution in [-0.4, -0.2) is 9.97 Å². The van der Waals surface area contributed by atoms with Crippen LogP contribution in [0.15, 0.2) is 130 Å². The van der Waals surface area contributed by atoms with Crippen molar-refractivity contribution in [3.63, 3.8) is 0 Å². The maximum Gasteiger partial charge on any atom is 0.227 e. The summed E-state index contributed by atoms with van der Waals surface area (Å²) in [6.07, 6.45) is 0. The number of rotatable bonds is 3. The lowest BCUT2D eigenvalue weighted by molar-refractivity contribution is 0.617. The van der Waals surface area contributed by atoms with Crippen LogP contribution in [0, 0.1) is 0 Å². The van der Waals surface area contributed by atoms with Gasteiger partial charge in [-0.15, -0.1) is 0 Å². The molecule has 0 saturated carbocycles. The minimum absolute atomic E-state index is 0.150. The number of nitrogens with zero attached hydrogens (tertiary/aromatic N) is 2. The fraction of sp³-hybridized carbons (Fsp3) is 0.0769. The van der Waals surface area contributed by atoms with Crippen molar-refractivity contribution in [3.8, 4) is 45.2 Å². The van der Waals surface area contributed by atoms with E-state index in [1.165, 1.54) is 33.0 Å². The number of fused-ring (bicyclic) bond motifs is 7. The van der Waals surface area contributed by atoms with Crippen LogP contribution in [0.5, 0.6) is 0 Å². The summed E-state index contributed by atoms with van der Waals surface area (Å²) in [7, 11) is 0. The maximum absolute atomic E-state index is 6.22. The molecule has 0 amide bonds. The summed E-state index contributed by atoms with van der Waals surface area (Å²) in [4.78, 5) is 9.63. The summed E-state index contributed by atoms with van der Waals surface area (Å²) in [5.74, 6) is 1.14. The van der Waals surface area contributed by atoms with Crippen LogP contribution in [0.1, 0.15) is 25.0 Å². The number of benzene rings is 6. The van der Waals surface area contributed by atoms with Gasteiger partial charge in [0.15, 0.2) is 11.2 Å². The third-order valence-electron chi connectivity index (χ3n) is 8.89. The second-order valence-corrected chi connectivity index (χ2v) is 11.9. The van der Waals surface area contributed by atoms with Gasteiger partial charge in [0.25, 0.3) is 0 Å². The summed E-state index contributed by atoms with van der Waals surface area (Å²) in [6.45, 7) is 4.68. The predicted octanol–water partition coefficient (Wildman–Crippen LogP) is 10.4. The number of aromatic nitrogens is 2. The van der Waals surface area contributed by atoms with Crippen molar-refractivity contribution in [2.24, 2.45) is 0 Å². The molecule has 0 atom stereocenters. The molecular weight excluding hydrogens is 528 g/mol. The van der Waals surface area contributed by atoms with Crippen molar-refractivity contribution in [2.45, 2.75) is 19.3 Å². The average Bonchev–Trinajstić information content (AvgIpc) is 3.74. The van der Waals surface area contributed by atoms with Crippen LogP contribution >= 0.6 is 0 Å². The predicted molar refractivity (Wildman–Crippen MR) is 173 cm³/mol. The van der Waals surface area contributed by atoms with Crippen molar-refractivity contribution in [1.82, 2.24) is 9.97 Å². The van der Waals surface area contributed by atoms with Gasteiger partial charge in [0.05, 0.1) is 0 Å². The molecule has 1 aliphatic rings. The summed E-state index contributed by atoms with van der Waals surface area (Å²) in [6, 6.07) is 42.1. The first-order valence-corrected chi connectivity index (χ1v) is 14.6. The second-order valence-electron chi connectivity index (χ2n) is 11.9. The van der Waals surface area contributed by atoms with Gasteiger partial charge < -0.3 is 8.83 Å². The van der Waals surface area contributed by atoms with Crippen LogP contribution in [0.3, 0.4) is 0 Å². The molecule has 2 aromatic heterocycles. The monoisotopic (exact) mass is 554 g/mol. The van der Waals surface area contributed by atoms with E-state index in [2.05, 4.69) is 86.6 Å². The Morgan fingerprint density at radius 1 is 0.512 bits per heavy atom.